The summed E-state index contributed by atoms with van der Waals surface area (Å²) in [5.74, 6) is -0.371. The van der Waals surface area contributed by atoms with E-state index in [2.05, 4.69) is 0 Å². The quantitative estimate of drug-likeness (QED) is 0.790. The molecule has 3 nitrogen and oxygen atoms in total. The molecule has 0 amide bonds. The fraction of sp³-hybridized carbons (Fsp3) is 0.0588. The van der Waals surface area contributed by atoms with Gasteiger partial charge in [-0.3, -0.25) is 0 Å². The van der Waals surface area contributed by atoms with Crippen LogP contribution in [0.2, 0.25) is 0 Å². The summed E-state index contributed by atoms with van der Waals surface area (Å²) in [6.45, 7) is 0. The number of cyclic esters (lactones) is 1. The minimum atomic E-state index is -0.414. The molecule has 0 saturated heterocycles. The molecule has 2 aromatic rings. The third kappa shape index (κ3) is 2.41. The normalized spacial score (nSPS) is 14.7. The van der Waals surface area contributed by atoms with Gasteiger partial charge in [-0.1, -0.05) is 24.3 Å². The molecule has 21 heavy (non-hydrogen) atoms. The van der Waals surface area contributed by atoms with Crippen LogP contribution in [0.15, 0.2) is 42.5 Å². The van der Waals surface area contributed by atoms with Crippen molar-refractivity contribution in [3.63, 3.8) is 0 Å². The molecule has 0 spiro atoms. The summed E-state index contributed by atoms with van der Waals surface area (Å²) >= 11 is 0. The van der Waals surface area contributed by atoms with Gasteiger partial charge < -0.3 is 4.74 Å². The van der Waals surface area contributed by atoms with Gasteiger partial charge in [-0.15, -0.1) is 0 Å². The molecule has 0 N–H and O–H groups in total. The maximum atomic E-state index is 13.5. The van der Waals surface area contributed by atoms with Crippen molar-refractivity contribution in [3.05, 3.63) is 70.5 Å². The number of benzene rings is 2. The molecule has 0 bridgehead atoms. The lowest BCUT2D eigenvalue weighted by molar-refractivity contribution is 0.0717. The zero-order valence-corrected chi connectivity index (χ0v) is 11.0. The monoisotopic (exact) mass is 279 g/mol. The molecule has 0 atom stereocenters. The summed E-state index contributed by atoms with van der Waals surface area (Å²) in [4.78, 5) is 11.7. The zero-order valence-electron chi connectivity index (χ0n) is 11.0. The van der Waals surface area contributed by atoms with Gasteiger partial charge in [0.05, 0.1) is 18.1 Å². The number of ether oxygens (including phenoxy) is 1. The summed E-state index contributed by atoms with van der Waals surface area (Å²) in [5.41, 5.74) is 2.24. The second kappa shape index (κ2) is 5.22. The first-order valence-corrected chi connectivity index (χ1v) is 6.37. The smallest absolute Gasteiger partial charge is 0.344 e. The summed E-state index contributed by atoms with van der Waals surface area (Å²) < 4.78 is 18.7. The van der Waals surface area contributed by atoms with Crippen molar-refractivity contribution >= 4 is 17.8 Å². The number of hydrogen-bond donors (Lipinski definition) is 0. The molecule has 0 saturated carbocycles. The van der Waals surface area contributed by atoms with E-state index in [1.54, 1.807) is 36.4 Å². The predicted octanol–water partition coefficient (Wildman–Crippen LogP) is 3.56. The van der Waals surface area contributed by atoms with Crippen molar-refractivity contribution in [3.8, 4) is 6.07 Å². The van der Waals surface area contributed by atoms with Crippen LogP contribution >= 0.6 is 0 Å². The molecule has 0 aromatic heterocycles. The van der Waals surface area contributed by atoms with Crippen LogP contribution in [0, 0.1) is 17.1 Å². The van der Waals surface area contributed by atoms with Crippen molar-refractivity contribution in [2.45, 2.75) is 6.42 Å². The van der Waals surface area contributed by atoms with Crippen molar-refractivity contribution in [2.24, 2.45) is 0 Å². The van der Waals surface area contributed by atoms with Gasteiger partial charge in [0.15, 0.2) is 0 Å². The lowest BCUT2D eigenvalue weighted by Gasteiger charge is -2.02. The number of carbonyl (C=O) groups excluding carboxylic acids is 1. The molecule has 0 radical (unpaired) electrons. The van der Waals surface area contributed by atoms with Crippen molar-refractivity contribution in [2.75, 3.05) is 0 Å². The van der Waals surface area contributed by atoms with E-state index in [-0.39, 0.29) is 6.42 Å². The highest BCUT2D eigenvalue weighted by atomic mass is 19.1. The Labute approximate surface area is 120 Å². The van der Waals surface area contributed by atoms with E-state index in [0.29, 0.717) is 28.0 Å². The number of rotatable bonds is 2. The van der Waals surface area contributed by atoms with Crippen LogP contribution in [0.25, 0.3) is 11.8 Å². The molecule has 0 aliphatic carbocycles. The van der Waals surface area contributed by atoms with Crippen LogP contribution < -0.4 is 0 Å². The topological polar surface area (TPSA) is 50.1 Å². The van der Waals surface area contributed by atoms with E-state index < -0.39 is 11.8 Å². The van der Waals surface area contributed by atoms with E-state index in [1.165, 1.54) is 6.07 Å². The molecule has 0 fully saturated rings. The second-order valence-electron chi connectivity index (χ2n) is 4.63. The van der Waals surface area contributed by atoms with E-state index in [0.717, 1.165) is 0 Å². The van der Waals surface area contributed by atoms with Gasteiger partial charge in [0.2, 0.25) is 0 Å². The molecule has 102 valence electrons. The third-order valence-electron chi connectivity index (χ3n) is 3.25. The molecule has 1 aliphatic rings. The van der Waals surface area contributed by atoms with Crippen LogP contribution in [0.4, 0.5) is 4.39 Å². The minimum Gasteiger partial charge on any atom is -0.422 e. The van der Waals surface area contributed by atoms with Crippen LogP contribution in [0.3, 0.4) is 0 Å². The van der Waals surface area contributed by atoms with Gasteiger partial charge in [0.25, 0.3) is 0 Å². The fourth-order valence-corrected chi connectivity index (χ4v) is 2.25. The van der Waals surface area contributed by atoms with E-state index in [1.807, 2.05) is 12.1 Å². The Hall–Kier alpha value is -2.93. The van der Waals surface area contributed by atoms with Gasteiger partial charge in [-0.2, -0.15) is 5.26 Å². The molecule has 2 aromatic carbocycles. The van der Waals surface area contributed by atoms with Crippen LogP contribution in [-0.2, 0) is 11.2 Å². The van der Waals surface area contributed by atoms with Crippen LogP contribution in [0.5, 0.6) is 0 Å². The van der Waals surface area contributed by atoms with Gasteiger partial charge in [0.1, 0.15) is 11.6 Å². The lowest BCUT2D eigenvalue weighted by atomic mass is 10.0. The first-order valence-electron chi connectivity index (χ1n) is 6.37. The maximum absolute atomic E-state index is 13.5. The Morgan fingerprint density at radius 1 is 1.19 bits per heavy atom. The molecule has 1 heterocycles. The maximum Gasteiger partial charge on any atom is 0.344 e. The number of fused-ring (bicyclic) bond motifs is 1. The second-order valence-corrected chi connectivity index (χ2v) is 4.63. The number of nitriles is 1. The highest BCUT2D eigenvalue weighted by molar-refractivity contribution is 6.05. The van der Waals surface area contributed by atoms with Crippen molar-refractivity contribution in [1.82, 2.24) is 0 Å². The largest absolute Gasteiger partial charge is 0.422 e. The van der Waals surface area contributed by atoms with Gasteiger partial charge >= 0.3 is 5.97 Å². The Bertz CT molecular complexity index is 803. The minimum absolute atomic E-state index is 0.000772. The SMILES string of the molecule is N#CCc1cc(/C=C2\OC(=O)c3ccccc32)ccc1F. The molecular formula is C17H10FNO2. The summed E-state index contributed by atoms with van der Waals surface area (Å²) in [6, 6.07) is 13.5. The summed E-state index contributed by atoms with van der Waals surface area (Å²) in [6.07, 6.45) is 1.67. The molecule has 1 aliphatic heterocycles. The number of nitrogens with zero attached hydrogens (tertiary/aromatic N) is 1. The van der Waals surface area contributed by atoms with Crippen LogP contribution in [0.1, 0.15) is 27.0 Å². The number of carbonyl (C=O) groups is 1. The predicted molar refractivity (Wildman–Crippen MR) is 75.4 cm³/mol. The highest BCUT2D eigenvalue weighted by Crippen LogP contribution is 2.31. The van der Waals surface area contributed by atoms with E-state index in [9.17, 15) is 9.18 Å². The summed E-state index contributed by atoms with van der Waals surface area (Å²) in [5, 5.41) is 8.68. The first kappa shape index (κ1) is 13.1. The number of esters is 1. The first-order chi connectivity index (χ1) is 10.2. The van der Waals surface area contributed by atoms with Gasteiger partial charge in [0, 0.05) is 11.1 Å². The van der Waals surface area contributed by atoms with Gasteiger partial charge in [-0.05, 0) is 29.8 Å². The number of hydrogen-bond acceptors (Lipinski definition) is 3. The average molecular weight is 279 g/mol. The van der Waals surface area contributed by atoms with E-state index >= 15 is 0 Å². The molecule has 3 rings (SSSR count). The van der Waals surface area contributed by atoms with Crippen molar-refractivity contribution < 1.29 is 13.9 Å². The molecule has 4 heteroatoms. The Kier molecular flexibility index (Phi) is 3.25. The van der Waals surface area contributed by atoms with Crippen LogP contribution in [-0.4, -0.2) is 5.97 Å². The molecule has 0 unspecified atom stereocenters. The highest BCUT2D eigenvalue weighted by Gasteiger charge is 2.25. The van der Waals surface area contributed by atoms with Crippen molar-refractivity contribution in [1.29, 1.82) is 5.26 Å². The zero-order chi connectivity index (χ0) is 14.8. The standard InChI is InChI=1S/C17H10FNO2/c18-15-6-5-11(9-12(15)7-8-19)10-16-13-3-1-2-4-14(13)17(20)21-16/h1-6,9-10H,7H2/b16-10-. The average Bonchev–Trinajstić information content (AvgIpc) is 2.80. The third-order valence-corrected chi connectivity index (χ3v) is 3.25. The Balaban J connectivity index is 2.03. The van der Waals surface area contributed by atoms with Gasteiger partial charge in [-0.25, -0.2) is 9.18 Å². The Morgan fingerprint density at radius 3 is 2.71 bits per heavy atom. The number of halogens is 1. The molecular weight excluding hydrogens is 269 g/mol. The fourth-order valence-electron chi connectivity index (χ4n) is 2.25. The lowest BCUT2D eigenvalue weighted by Crippen LogP contribution is -1.92. The Morgan fingerprint density at radius 2 is 1.95 bits per heavy atom. The summed E-state index contributed by atoms with van der Waals surface area (Å²) in [7, 11) is 0. The van der Waals surface area contributed by atoms with E-state index in [4.69, 9.17) is 10.00 Å².